The molecule has 1 aliphatic heterocycles. The Hall–Kier alpha value is 0.844. The number of hydrogen-bond acceptors (Lipinski definition) is 6. The predicted octanol–water partition coefficient (Wildman–Crippen LogP) is 6.07. The van der Waals surface area contributed by atoms with Crippen LogP contribution in [0.3, 0.4) is 0 Å². The molecule has 0 aliphatic carbocycles. The lowest BCUT2D eigenvalue weighted by atomic mass is 9.99. The van der Waals surface area contributed by atoms with Crippen LogP contribution < -0.4 is 0 Å². The standard InChI is InChI=1S/C21H52O6Si5/c1-28(2,3)22-16-17-18(24-29(4,5)6)19(25-30(7,8)9)20(26-31(10,11)12)21(23-17)27-32(13,14)15/h17-21H,16H2,1-15H3/t17-,18+,19+,20-,21+/m1/s1. The van der Waals surface area contributed by atoms with Gasteiger partial charge in [0.1, 0.15) is 24.4 Å². The maximum atomic E-state index is 6.85. The van der Waals surface area contributed by atoms with E-state index in [4.69, 9.17) is 26.9 Å². The van der Waals surface area contributed by atoms with Crippen molar-refractivity contribution in [3.05, 3.63) is 0 Å². The molecule has 0 aromatic carbocycles. The van der Waals surface area contributed by atoms with E-state index in [1.807, 2.05) is 0 Å². The van der Waals surface area contributed by atoms with Gasteiger partial charge in [-0.25, -0.2) is 0 Å². The summed E-state index contributed by atoms with van der Waals surface area (Å²) < 4.78 is 39.9. The van der Waals surface area contributed by atoms with Gasteiger partial charge < -0.3 is 26.9 Å². The van der Waals surface area contributed by atoms with Gasteiger partial charge in [-0.15, -0.1) is 0 Å². The first-order chi connectivity index (χ1) is 14.0. The Balaban J connectivity index is 3.50. The van der Waals surface area contributed by atoms with Crippen molar-refractivity contribution in [2.24, 2.45) is 0 Å². The Labute approximate surface area is 203 Å². The lowest BCUT2D eigenvalue weighted by molar-refractivity contribution is -0.268. The van der Waals surface area contributed by atoms with Crippen LogP contribution in [0.15, 0.2) is 0 Å². The van der Waals surface area contributed by atoms with Gasteiger partial charge in [0.05, 0.1) is 6.61 Å². The van der Waals surface area contributed by atoms with Gasteiger partial charge >= 0.3 is 0 Å². The largest absolute Gasteiger partial charge is 0.415 e. The summed E-state index contributed by atoms with van der Waals surface area (Å²) in [5.41, 5.74) is 0. The van der Waals surface area contributed by atoms with Crippen LogP contribution in [0.5, 0.6) is 0 Å². The first-order valence-corrected chi connectivity index (χ1v) is 29.0. The summed E-state index contributed by atoms with van der Waals surface area (Å²) in [6, 6.07) is 0. The summed E-state index contributed by atoms with van der Waals surface area (Å²) in [4.78, 5) is 0. The quantitative estimate of drug-likeness (QED) is 0.296. The average molecular weight is 541 g/mol. The van der Waals surface area contributed by atoms with Crippen LogP contribution in [0.4, 0.5) is 0 Å². The minimum atomic E-state index is -1.92. The number of ether oxygens (including phenoxy) is 1. The van der Waals surface area contributed by atoms with Crippen molar-refractivity contribution < 1.29 is 26.9 Å². The van der Waals surface area contributed by atoms with E-state index < -0.39 is 47.9 Å². The molecule has 0 spiro atoms. The molecule has 5 atom stereocenters. The van der Waals surface area contributed by atoms with Crippen molar-refractivity contribution in [3.63, 3.8) is 0 Å². The third kappa shape index (κ3) is 12.5. The Morgan fingerprint density at radius 1 is 0.469 bits per heavy atom. The highest BCUT2D eigenvalue weighted by Gasteiger charge is 2.52. The maximum Gasteiger partial charge on any atom is 0.187 e. The van der Waals surface area contributed by atoms with Gasteiger partial charge in [0.25, 0.3) is 0 Å². The molecule has 0 amide bonds. The molecule has 0 aromatic heterocycles. The predicted molar refractivity (Wildman–Crippen MR) is 147 cm³/mol. The molecule has 6 nitrogen and oxygen atoms in total. The highest BCUT2D eigenvalue weighted by molar-refractivity contribution is 6.71. The summed E-state index contributed by atoms with van der Waals surface area (Å²) in [5, 5.41) is 0. The van der Waals surface area contributed by atoms with Crippen molar-refractivity contribution in [2.75, 3.05) is 6.61 Å². The number of hydrogen-bond donors (Lipinski definition) is 0. The topological polar surface area (TPSA) is 55.4 Å². The smallest absolute Gasteiger partial charge is 0.187 e. The SMILES string of the molecule is C[Si](C)(C)OC[C@H]1O[C@@H](O[Si](C)(C)C)[C@H](O[Si](C)(C)C)[C@@H](O[Si](C)(C)C)[C@H]1O[Si](C)(C)C. The normalized spacial score (nSPS) is 28.8. The minimum Gasteiger partial charge on any atom is -0.415 e. The summed E-state index contributed by atoms with van der Waals surface area (Å²) in [5.74, 6) is 0. The molecule has 1 rings (SSSR count). The molecule has 11 heteroatoms. The highest BCUT2D eigenvalue weighted by Crippen LogP contribution is 2.35. The van der Waals surface area contributed by atoms with Gasteiger partial charge in [0.2, 0.25) is 0 Å². The van der Waals surface area contributed by atoms with Crippen LogP contribution >= 0.6 is 0 Å². The maximum absolute atomic E-state index is 6.85. The molecule has 0 saturated carbocycles. The van der Waals surface area contributed by atoms with E-state index in [-0.39, 0.29) is 24.4 Å². The lowest BCUT2D eigenvalue weighted by Gasteiger charge is -2.51. The first-order valence-electron chi connectivity index (χ1n) is 12.0. The summed E-state index contributed by atoms with van der Waals surface area (Å²) in [6.07, 6.45) is -1.54. The van der Waals surface area contributed by atoms with Crippen LogP contribution in [0.25, 0.3) is 0 Å². The zero-order valence-electron chi connectivity index (χ0n) is 23.5. The van der Waals surface area contributed by atoms with Crippen molar-refractivity contribution in [1.29, 1.82) is 0 Å². The first kappa shape index (κ1) is 30.9. The van der Waals surface area contributed by atoms with Crippen molar-refractivity contribution in [1.82, 2.24) is 0 Å². The highest BCUT2D eigenvalue weighted by atomic mass is 28.4. The fourth-order valence-corrected chi connectivity index (χ4v) is 8.21. The molecule has 1 saturated heterocycles. The molecule has 0 bridgehead atoms. The second-order valence-electron chi connectivity index (χ2n) is 13.8. The average Bonchev–Trinajstić information content (AvgIpc) is 2.45. The van der Waals surface area contributed by atoms with E-state index >= 15 is 0 Å². The van der Waals surface area contributed by atoms with E-state index in [0.29, 0.717) is 6.61 Å². The molecule has 192 valence electrons. The molecule has 1 aliphatic rings. The van der Waals surface area contributed by atoms with E-state index in [2.05, 4.69) is 98.2 Å². The molecule has 0 aromatic rings. The van der Waals surface area contributed by atoms with Crippen LogP contribution in [-0.2, 0) is 26.9 Å². The van der Waals surface area contributed by atoms with Gasteiger partial charge in [0, 0.05) is 0 Å². The third-order valence-electron chi connectivity index (χ3n) is 4.21. The molecule has 1 heterocycles. The monoisotopic (exact) mass is 540 g/mol. The van der Waals surface area contributed by atoms with E-state index in [1.165, 1.54) is 0 Å². The fourth-order valence-electron chi connectivity index (χ4n) is 3.41. The van der Waals surface area contributed by atoms with Gasteiger partial charge in [-0.05, 0) is 98.2 Å². The number of rotatable bonds is 11. The second kappa shape index (κ2) is 10.8. The van der Waals surface area contributed by atoms with Crippen LogP contribution in [-0.4, -0.2) is 78.9 Å². The van der Waals surface area contributed by atoms with Gasteiger partial charge in [-0.3, -0.25) is 0 Å². The minimum absolute atomic E-state index is 0.243. The van der Waals surface area contributed by atoms with Crippen molar-refractivity contribution in [3.8, 4) is 0 Å². The zero-order valence-corrected chi connectivity index (χ0v) is 28.5. The van der Waals surface area contributed by atoms with E-state index in [1.54, 1.807) is 0 Å². The summed E-state index contributed by atoms with van der Waals surface area (Å²) >= 11 is 0. The Bertz CT molecular complexity index is 586. The molecule has 32 heavy (non-hydrogen) atoms. The molecule has 0 N–H and O–H groups in total. The zero-order chi connectivity index (χ0) is 25.3. The van der Waals surface area contributed by atoms with E-state index in [9.17, 15) is 0 Å². The summed E-state index contributed by atoms with van der Waals surface area (Å²) in [7, 11) is -9.37. The Morgan fingerprint density at radius 2 is 0.844 bits per heavy atom. The van der Waals surface area contributed by atoms with Crippen molar-refractivity contribution in [2.45, 2.75) is 129 Å². The fraction of sp³-hybridized carbons (Fsp3) is 1.00. The van der Waals surface area contributed by atoms with Gasteiger partial charge in [0.15, 0.2) is 47.9 Å². The van der Waals surface area contributed by atoms with Crippen LogP contribution in [0, 0.1) is 0 Å². The Morgan fingerprint density at radius 3 is 1.22 bits per heavy atom. The Kier molecular flexibility index (Phi) is 10.5. The molecule has 0 radical (unpaired) electrons. The third-order valence-corrected chi connectivity index (χ3v) is 9.12. The molecular weight excluding hydrogens is 489 g/mol. The van der Waals surface area contributed by atoms with E-state index in [0.717, 1.165) is 0 Å². The van der Waals surface area contributed by atoms with Crippen molar-refractivity contribution >= 4 is 41.6 Å². The molecular formula is C21H52O6Si5. The molecule has 1 fully saturated rings. The summed E-state index contributed by atoms with van der Waals surface area (Å²) in [6.45, 7) is 33.6. The lowest BCUT2D eigenvalue weighted by Crippen LogP contribution is -2.67. The van der Waals surface area contributed by atoms with Crippen LogP contribution in [0.1, 0.15) is 0 Å². The van der Waals surface area contributed by atoms with Crippen LogP contribution in [0.2, 0.25) is 98.2 Å². The van der Waals surface area contributed by atoms with Gasteiger partial charge in [-0.2, -0.15) is 0 Å². The second-order valence-corrected chi connectivity index (χ2v) is 36.1. The van der Waals surface area contributed by atoms with Gasteiger partial charge in [-0.1, -0.05) is 0 Å². The molecule has 0 unspecified atom stereocenters.